The molecule has 1 fully saturated rings. The molecule has 4 nitrogen and oxygen atoms in total. The fourth-order valence-corrected chi connectivity index (χ4v) is 3.22. The van der Waals surface area contributed by atoms with Gasteiger partial charge in [-0.05, 0) is 48.9 Å². The SMILES string of the molecule is CC#Cc1ccc(C(=O)O)c2c1cnn2Cc1ccc(C2CC2)cc1. The summed E-state index contributed by atoms with van der Waals surface area (Å²) >= 11 is 0. The Kier molecular flexibility index (Phi) is 3.77. The van der Waals surface area contributed by atoms with Gasteiger partial charge in [0.2, 0.25) is 0 Å². The third-order valence-corrected chi connectivity index (χ3v) is 4.65. The first kappa shape index (κ1) is 15.5. The molecule has 3 aromatic rings. The molecule has 0 radical (unpaired) electrons. The van der Waals surface area contributed by atoms with Gasteiger partial charge >= 0.3 is 5.97 Å². The van der Waals surface area contributed by atoms with Gasteiger partial charge in [0, 0.05) is 10.9 Å². The highest BCUT2D eigenvalue weighted by molar-refractivity contribution is 6.03. The maximum absolute atomic E-state index is 11.6. The van der Waals surface area contributed by atoms with Crippen LogP contribution in [0.2, 0.25) is 0 Å². The van der Waals surface area contributed by atoms with Crippen LogP contribution in [-0.4, -0.2) is 20.9 Å². The monoisotopic (exact) mass is 330 g/mol. The van der Waals surface area contributed by atoms with E-state index in [0.29, 0.717) is 12.1 Å². The lowest BCUT2D eigenvalue weighted by Crippen LogP contribution is -2.06. The standard InChI is InChI=1S/C21H18N2O2/c1-2-3-17-10-11-18(21(24)25)20-19(17)12-22-23(20)13-14-4-6-15(7-5-14)16-8-9-16/h4-7,10-12,16H,8-9,13H2,1H3,(H,24,25). The topological polar surface area (TPSA) is 55.1 Å². The molecule has 0 aliphatic heterocycles. The van der Waals surface area contributed by atoms with Crippen molar-refractivity contribution in [2.24, 2.45) is 0 Å². The van der Waals surface area contributed by atoms with Gasteiger partial charge in [0.15, 0.2) is 0 Å². The average Bonchev–Trinajstić information content (AvgIpc) is 3.38. The van der Waals surface area contributed by atoms with E-state index in [2.05, 4.69) is 41.2 Å². The smallest absolute Gasteiger partial charge is 0.337 e. The molecular formula is C21H18N2O2. The summed E-state index contributed by atoms with van der Waals surface area (Å²) in [4.78, 5) is 11.6. The molecule has 25 heavy (non-hydrogen) atoms. The second kappa shape index (κ2) is 6.10. The minimum atomic E-state index is -0.952. The van der Waals surface area contributed by atoms with Crippen LogP contribution in [-0.2, 0) is 6.54 Å². The molecule has 1 heterocycles. The Bertz CT molecular complexity index is 1020. The predicted molar refractivity (Wildman–Crippen MR) is 96.8 cm³/mol. The van der Waals surface area contributed by atoms with Gasteiger partial charge < -0.3 is 5.11 Å². The van der Waals surface area contributed by atoms with Crippen LogP contribution in [0.1, 0.15) is 52.7 Å². The summed E-state index contributed by atoms with van der Waals surface area (Å²) in [6.45, 7) is 2.31. The summed E-state index contributed by atoms with van der Waals surface area (Å²) < 4.78 is 1.76. The molecule has 4 rings (SSSR count). The number of hydrogen-bond donors (Lipinski definition) is 1. The summed E-state index contributed by atoms with van der Waals surface area (Å²) in [5.41, 5.74) is 4.18. The van der Waals surface area contributed by atoms with E-state index >= 15 is 0 Å². The van der Waals surface area contributed by atoms with Gasteiger partial charge in [-0.3, -0.25) is 4.68 Å². The first-order valence-corrected chi connectivity index (χ1v) is 8.41. The maximum atomic E-state index is 11.6. The summed E-state index contributed by atoms with van der Waals surface area (Å²) in [5.74, 6) is 5.67. The lowest BCUT2D eigenvalue weighted by Gasteiger charge is -2.08. The zero-order valence-electron chi connectivity index (χ0n) is 14.0. The van der Waals surface area contributed by atoms with Crippen molar-refractivity contribution in [2.75, 3.05) is 0 Å². The summed E-state index contributed by atoms with van der Waals surface area (Å²) in [5, 5.41) is 14.8. The minimum absolute atomic E-state index is 0.253. The molecule has 4 heteroatoms. The first-order valence-electron chi connectivity index (χ1n) is 8.41. The van der Waals surface area contributed by atoms with Crippen molar-refractivity contribution < 1.29 is 9.90 Å². The molecule has 0 saturated heterocycles. The highest BCUT2D eigenvalue weighted by Crippen LogP contribution is 2.39. The Morgan fingerprint density at radius 1 is 1.24 bits per heavy atom. The summed E-state index contributed by atoms with van der Waals surface area (Å²) in [6.07, 6.45) is 4.28. The second-order valence-corrected chi connectivity index (χ2v) is 6.42. The van der Waals surface area contributed by atoms with Gasteiger partial charge in [-0.2, -0.15) is 5.10 Å². The van der Waals surface area contributed by atoms with Crippen molar-refractivity contribution in [3.8, 4) is 11.8 Å². The summed E-state index contributed by atoms with van der Waals surface area (Å²) in [6, 6.07) is 11.9. The van der Waals surface area contributed by atoms with Crippen LogP contribution in [0.3, 0.4) is 0 Å². The van der Waals surface area contributed by atoms with E-state index in [-0.39, 0.29) is 5.56 Å². The van der Waals surface area contributed by atoms with Gasteiger partial charge in [0.05, 0.1) is 23.8 Å². The molecule has 0 bridgehead atoms. The second-order valence-electron chi connectivity index (χ2n) is 6.42. The van der Waals surface area contributed by atoms with Crippen LogP contribution >= 0.6 is 0 Å². The van der Waals surface area contributed by atoms with Gasteiger partial charge in [-0.25, -0.2) is 4.79 Å². The number of benzene rings is 2. The Morgan fingerprint density at radius 3 is 2.64 bits per heavy atom. The van der Waals surface area contributed by atoms with Gasteiger partial charge in [0.1, 0.15) is 0 Å². The molecule has 1 saturated carbocycles. The zero-order chi connectivity index (χ0) is 17.4. The molecule has 0 unspecified atom stereocenters. The molecule has 0 amide bonds. The molecule has 0 spiro atoms. The van der Waals surface area contributed by atoms with Crippen molar-refractivity contribution in [3.63, 3.8) is 0 Å². The zero-order valence-corrected chi connectivity index (χ0v) is 14.0. The number of carboxylic acids is 1. The van der Waals surface area contributed by atoms with E-state index in [9.17, 15) is 9.90 Å². The molecule has 2 aromatic carbocycles. The molecular weight excluding hydrogens is 312 g/mol. The van der Waals surface area contributed by atoms with Crippen molar-refractivity contribution in [3.05, 3.63) is 64.8 Å². The highest BCUT2D eigenvalue weighted by atomic mass is 16.4. The highest BCUT2D eigenvalue weighted by Gasteiger charge is 2.23. The molecule has 1 aliphatic carbocycles. The van der Waals surface area contributed by atoms with E-state index in [1.54, 1.807) is 29.9 Å². The van der Waals surface area contributed by atoms with Crippen LogP contribution < -0.4 is 0 Å². The third kappa shape index (κ3) is 2.89. The Hall–Kier alpha value is -3.06. The Labute approximate surface area is 146 Å². The molecule has 1 N–H and O–H groups in total. The number of carboxylic acid groups (broad SMARTS) is 1. The van der Waals surface area contributed by atoms with E-state index < -0.39 is 5.97 Å². The fraction of sp³-hybridized carbons (Fsp3) is 0.238. The van der Waals surface area contributed by atoms with Crippen LogP contribution in [0, 0.1) is 11.8 Å². The number of hydrogen-bond acceptors (Lipinski definition) is 2. The predicted octanol–water partition coefficient (Wildman–Crippen LogP) is 4.03. The maximum Gasteiger partial charge on any atom is 0.337 e. The summed E-state index contributed by atoms with van der Waals surface area (Å²) in [7, 11) is 0. The van der Waals surface area contributed by atoms with Gasteiger partial charge in [0.25, 0.3) is 0 Å². The van der Waals surface area contributed by atoms with E-state index in [1.165, 1.54) is 18.4 Å². The number of aromatic carboxylic acids is 1. The fourth-order valence-electron chi connectivity index (χ4n) is 3.22. The van der Waals surface area contributed by atoms with Crippen LogP contribution in [0.15, 0.2) is 42.6 Å². The Balaban J connectivity index is 1.76. The molecule has 1 aliphatic rings. The molecule has 124 valence electrons. The lowest BCUT2D eigenvalue weighted by atomic mass is 10.1. The number of nitrogens with zero attached hydrogens (tertiary/aromatic N) is 2. The first-order chi connectivity index (χ1) is 12.2. The van der Waals surface area contributed by atoms with Crippen molar-refractivity contribution >= 4 is 16.9 Å². The number of aromatic nitrogens is 2. The van der Waals surface area contributed by atoms with Crippen molar-refractivity contribution in [2.45, 2.75) is 32.2 Å². The molecule has 1 aromatic heterocycles. The third-order valence-electron chi connectivity index (χ3n) is 4.65. The van der Waals surface area contributed by atoms with Crippen LogP contribution in [0.4, 0.5) is 0 Å². The quantitative estimate of drug-likeness (QED) is 0.735. The van der Waals surface area contributed by atoms with Crippen LogP contribution in [0.5, 0.6) is 0 Å². The average molecular weight is 330 g/mol. The largest absolute Gasteiger partial charge is 0.478 e. The van der Waals surface area contributed by atoms with Gasteiger partial charge in [-0.15, -0.1) is 5.92 Å². The minimum Gasteiger partial charge on any atom is -0.478 e. The number of rotatable bonds is 4. The molecule has 0 atom stereocenters. The van der Waals surface area contributed by atoms with Crippen LogP contribution in [0.25, 0.3) is 10.9 Å². The van der Waals surface area contributed by atoms with Crippen molar-refractivity contribution in [1.29, 1.82) is 0 Å². The lowest BCUT2D eigenvalue weighted by molar-refractivity contribution is 0.0698. The normalized spacial score (nSPS) is 13.5. The number of fused-ring (bicyclic) bond motifs is 1. The van der Waals surface area contributed by atoms with E-state index in [0.717, 1.165) is 22.4 Å². The van der Waals surface area contributed by atoms with E-state index in [4.69, 9.17) is 0 Å². The van der Waals surface area contributed by atoms with Crippen molar-refractivity contribution in [1.82, 2.24) is 9.78 Å². The Morgan fingerprint density at radius 2 is 2.00 bits per heavy atom. The van der Waals surface area contributed by atoms with Gasteiger partial charge in [-0.1, -0.05) is 30.2 Å². The van der Waals surface area contributed by atoms with E-state index in [1.807, 2.05) is 0 Å². The number of carbonyl (C=O) groups is 1.